The summed E-state index contributed by atoms with van der Waals surface area (Å²) in [5.41, 5.74) is 42.5. The van der Waals surface area contributed by atoms with Gasteiger partial charge in [0, 0.05) is 84.8 Å². The molecule has 0 spiro atoms. The summed E-state index contributed by atoms with van der Waals surface area (Å²) in [6.45, 7) is 3.52. The number of imidazole rings is 2. The normalized spacial score (nSPS) is 16.7. The standard InChI is InChI=1S/C49H49N9O5.C30H30N6.C20H22N2O6/c50-43-36(15-7-28-53-43)44-55-39-22-21-37(54-45(39)57(44)33-19-17-32(18-20-33)49(51)25-8-26-49)31-11-4-9-30(29-31)10-5-13-34(59)12-2-1-3-27-52-38-16-6-14-35-42(38)48(63)58(47(35)62)40-23-24-41(60)56-46(40)61;1-30(15-4-16-30)22-8-10-23(11-9-22)36-28(24-7-3-18-33-27(24)32)35-26-13-12-25(34-29(26)36)21-6-2-5-20(19-21)14-17-31;23-15-11-10-14(18(26)21-15)22-19(27)13-8-5-7-12(17(13)20(22)28)6-3-1-2-4-9-16(24)25/h4,6-7,9,11,14-22,28-29,40,52H,1-3,5,8,10,12-13,23-27,51H2,(H2,50,53)(H,56,60,61);2-3,5-13,18-19H,4,14-17,31H2,1H3,(H2,32,33);5,7-8,14H,1-4,6,9-11H2,(H,24,25)(H,21,23,26). The number of amides is 8. The van der Waals surface area contributed by atoms with Crippen molar-refractivity contribution in [3.63, 3.8) is 0 Å². The van der Waals surface area contributed by atoms with Crippen molar-refractivity contribution in [1.29, 1.82) is 0 Å². The highest BCUT2D eigenvalue weighted by Crippen LogP contribution is 2.45. The lowest BCUT2D eigenvalue weighted by molar-refractivity contribution is -0.138. The van der Waals surface area contributed by atoms with Gasteiger partial charge >= 0.3 is 5.97 Å². The number of carbonyl (C=O) groups is 10. The second-order valence-electron chi connectivity index (χ2n) is 33.8. The number of carbonyl (C=O) groups excluding carboxylic acids is 9. The highest BCUT2D eigenvalue weighted by atomic mass is 16.4. The molecule has 18 rings (SSSR count). The second-order valence-corrected chi connectivity index (χ2v) is 33.8. The molecule has 4 aliphatic heterocycles. The van der Waals surface area contributed by atoms with E-state index >= 15 is 0 Å². The van der Waals surface area contributed by atoms with Crippen LogP contribution in [0.3, 0.4) is 0 Å². The number of carboxylic acids is 1. The number of pyridine rings is 4. The second kappa shape index (κ2) is 37.8. The number of anilines is 3. The van der Waals surface area contributed by atoms with Gasteiger partial charge in [-0.25, -0.2) is 29.9 Å². The van der Waals surface area contributed by atoms with Crippen LogP contribution in [0, 0.1) is 0 Å². The van der Waals surface area contributed by atoms with Gasteiger partial charge in [-0.1, -0.05) is 111 Å². The van der Waals surface area contributed by atoms with E-state index in [2.05, 4.69) is 122 Å². The summed E-state index contributed by atoms with van der Waals surface area (Å²) in [4.78, 5) is 154. The Morgan fingerprint density at radius 2 is 0.976 bits per heavy atom. The number of rotatable bonds is 30. The zero-order valence-electron chi connectivity index (χ0n) is 70.8. The minimum atomic E-state index is -1.01. The van der Waals surface area contributed by atoms with Crippen LogP contribution in [0.5, 0.6) is 0 Å². The molecule has 6 aromatic carbocycles. The molecule has 12 aromatic rings. The molecule has 6 aromatic heterocycles. The number of hydrogen-bond donors (Lipinski definition) is 8. The maximum absolute atomic E-state index is 13.4. The van der Waals surface area contributed by atoms with Gasteiger partial charge in [0.1, 0.15) is 40.5 Å². The lowest BCUT2D eigenvalue weighted by Gasteiger charge is -2.39. The van der Waals surface area contributed by atoms with E-state index < -0.39 is 65.3 Å². The van der Waals surface area contributed by atoms with Crippen LogP contribution in [0.2, 0.25) is 0 Å². The Hall–Kier alpha value is -14.1. The monoisotopic (exact) mass is 1700 g/mol. The fourth-order valence-corrected chi connectivity index (χ4v) is 17.9. The number of aryl methyl sites for hydroxylation is 2. The molecular weight excluding hydrogens is 1600 g/mol. The van der Waals surface area contributed by atoms with Gasteiger partial charge in [-0.3, -0.25) is 77.5 Å². The quantitative estimate of drug-likeness (QED) is 0.0153. The molecule has 2 unspecified atom stereocenters. The van der Waals surface area contributed by atoms with E-state index in [0.29, 0.717) is 73.1 Å². The predicted molar refractivity (Wildman–Crippen MR) is 483 cm³/mol. The number of imide groups is 4. The van der Waals surface area contributed by atoms with Crippen molar-refractivity contribution in [2.45, 2.75) is 184 Å². The molecule has 648 valence electrons. The van der Waals surface area contributed by atoms with Gasteiger partial charge in [0.05, 0.1) is 44.8 Å². The van der Waals surface area contributed by atoms with E-state index in [1.54, 1.807) is 48.8 Å². The van der Waals surface area contributed by atoms with Gasteiger partial charge in [-0.15, -0.1) is 0 Å². The molecule has 12 N–H and O–H groups in total. The molecule has 2 saturated heterocycles. The molecular formula is C99H101N17O11. The highest BCUT2D eigenvalue weighted by molar-refractivity contribution is 6.26. The molecule has 28 heteroatoms. The summed E-state index contributed by atoms with van der Waals surface area (Å²) in [6, 6.07) is 57.7. The van der Waals surface area contributed by atoms with Crippen LogP contribution in [0.4, 0.5) is 17.3 Å². The van der Waals surface area contributed by atoms with Gasteiger partial charge in [0.2, 0.25) is 23.6 Å². The molecule has 10 heterocycles. The van der Waals surface area contributed by atoms with Crippen molar-refractivity contribution in [3.05, 3.63) is 244 Å². The largest absolute Gasteiger partial charge is 0.481 e. The van der Waals surface area contributed by atoms with E-state index in [-0.39, 0.29) is 65.5 Å². The number of nitrogen functional groups attached to an aromatic ring is 2. The molecule has 8 amide bonds. The number of fused-ring (bicyclic) bond motifs is 4. The minimum absolute atomic E-state index is 0.0657. The number of piperidine rings is 2. The number of hydrogen-bond acceptors (Lipinski definition) is 21. The summed E-state index contributed by atoms with van der Waals surface area (Å²) < 4.78 is 4.13. The third kappa shape index (κ3) is 18.4. The smallest absolute Gasteiger partial charge is 0.303 e. The van der Waals surface area contributed by atoms with E-state index in [1.165, 1.54) is 30.4 Å². The first-order valence-electron chi connectivity index (χ1n) is 43.8. The first-order chi connectivity index (χ1) is 61.5. The molecule has 127 heavy (non-hydrogen) atoms. The zero-order valence-corrected chi connectivity index (χ0v) is 70.8. The number of nitrogens with two attached hydrogens (primary N) is 4. The zero-order chi connectivity index (χ0) is 88.6. The Morgan fingerprint density at radius 1 is 0.488 bits per heavy atom. The number of nitrogens with zero attached hydrogens (tertiary/aromatic N) is 10. The SMILES string of the molecule is CC1(c2ccc(-n3c(-c4cccnc4N)nc4ccc(-c5cccc(CCN)c5)nc43)cc2)CCC1.Nc1ncccc1-c1nc2ccc(-c3cccc(CCCC(=O)CCCCCNc4cccc5c4C(=O)N(C4CCC(=O)NC4=O)C5=O)c3)nc2n1-c1ccc(C2(N)CCC2)cc1.O=C(O)CCCCCCc1cccc2c1C(=O)N(C1CCC(=O)NC1=O)C2=O. The predicted octanol–water partition coefficient (Wildman–Crippen LogP) is 14.4. The third-order valence-electron chi connectivity index (χ3n) is 25.3. The lowest BCUT2D eigenvalue weighted by Crippen LogP contribution is -2.54. The van der Waals surface area contributed by atoms with Crippen LogP contribution in [0.1, 0.15) is 211 Å². The molecule has 6 aliphatic rings. The third-order valence-corrected chi connectivity index (χ3v) is 25.3. The number of carboxylic acid groups (broad SMARTS) is 1. The Labute approximate surface area is 733 Å². The van der Waals surface area contributed by atoms with E-state index in [0.717, 1.165) is 171 Å². The maximum atomic E-state index is 13.4. The van der Waals surface area contributed by atoms with Crippen LogP contribution >= 0.6 is 0 Å². The van der Waals surface area contributed by atoms with E-state index in [4.69, 9.17) is 48.0 Å². The summed E-state index contributed by atoms with van der Waals surface area (Å²) in [7, 11) is 0. The fraction of sp³-hybridized carbons (Fsp3) is 0.313. The van der Waals surface area contributed by atoms with E-state index in [1.807, 2.05) is 65.2 Å². The number of unbranched alkanes of at least 4 members (excludes halogenated alkanes) is 5. The highest BCUT2D eigenvalue weighted by Gasteiger charge is 2.48. The number of Topliss-reactive ketones (excluding diaryl/α,β-unsaturated/α-hetero) is 1. The molecule has 0 radical (unpaired) electrons. The molecule has 2 atom stereocenters. The Kier molecular flexibility index (Phi) is 25.7. The van der Waals surface area contributed by atoms with Crippen LogP contribution in [-0.4, -0.2) is 138 Å². The average Bonchev–Trinajstić information content (AvgIpc) is 1.61. The van der Waals surface area contributed by atoms with Gasteiger partial charge in [-0.2, -0.15) is 0 Å². The molecule has 0 bridgehead atoms. The molecule has 2 aliphatic carbocycles. The van der Waals surface area contributed by atoms with Crippen molar-refractivity contribution in [1.82, 2.24) is 59.5 Å². The Balaban J connectivity index is 0.000000156. The van der Waals surface area contributed by atoms with Gasteiger partial charge in [-0.05, 0) is 239 Å². The first-order valence-corrected chi connectivity index (χ1v) is 43.8. The fourth-order valence-electron chi connectivity index (χ4n) is 17.9. The Morgan fingerprint density at radius 3 is 1.50 bits per heavy atom. The van der Waals surface area contributed by atoms with Gasteiger partial charge < -0.3 is 33.4 Å². The van der Waals surface area contributed by atoms with Crippen LogP contribution in [-0.2, 0) is 59.0 Å². The summed E-state index contributed by atoms with van der Waals surface area (Å²) in [6.07, 6.45) is 20.0. The topological polar surface area (TPSA) is 425 Å². The van der Waals surface area contributed by atoms with Crippen molar-refractivity contribution in [3.8, 4) is 56.7 Å². The van der Waals surface area contributed by atoms with Crippen LogP contribution < -0.4 is 38.9 Å². The average molecular weight is 1710 g/mol. The summed E-state index contributed by atoms with van der Waals surface area (Å²) in [5, 5.41) is 16.3. The number of benzene rings is 6. The van der Waals surface area contributed by atoms with Gasteiger partial charge in [0.25, 0.3) is 23.6 Å². The number of aromatic nitrogens is 8. The summed E-state index contributed by atoms with van der Waals surface area (Å²) in [5.74, 6) is -2.50. The summed E-state index contributed by atoms with van der Waals surface area (Å²) >= 11 is 0. The van der Waals surface area contributed by atoms with Crippen LogP contribution in [0.15, 0.2) is 194 Å². The van der Waals surface area contributed by atoms with Crippen molar-refractivity contribution in [2.75, 3.05) is 29.9 Å². The van der Waals surface area contributed by atoms with E-state index in [9.17, 15) is 47.9 Å². The number of nitrogens with one attached hydrogen (secondary N) is 3. The minimum Gasteiger partial charge on any atom is -0.481 e. The first kappa shape index (κ1) is 86.4. The molecule has 4 fully saturated rings. The number of aliphatic carboxylic acids is 1. The maximum Gasteiger partial charge on any atom is 0.303 e. The molecule has 28 nitrogen and oxygen atoms in total. The number of ketones is 1. The van der Waals surface area contributed by atoms with Crippen molar-refractivity contribution in [2.24, 2.45) is 11.5 Å². The molecule has 2 saturated carbocycles. The van der Waals surface area contributed by atoms with Crippen LogP contribution in [0.25, 0.3) is 79.0 Å². The lowest BCUT2D eigenvalue weighted by atomic mass is 9.66. The van der Waals surface area contributed by atoms with Gasteiger partial charge in [0.15, 0.2) is 22.9 Å². The van der Waals surface area contributed by atoms with Crippen molar-refractivity contribution >= 4 is 98.7 Å². The van der Waals surface area contributed by atoms with Crippen molar-refractivity contribution < 1.29 is 53.1 Å². The Bertz CT molecular complexity index is 6290.